The summed E-state index contributed by atoms with van der Waals surface area (Å²) in [4.78, 5) is 0. The molecule has 0 unspecified atom stereocenters. The van der Waals surface area contributed by atoms with Crippen LogP contribution in [0.3, 0.4) is 0 Å². The van der Waals surface area contributed by atoms with Gasteiger partial charge < -0.3 is 0 Å². The molecule has 0 aliphatic heterocycles. The molecular formula is C22H26FN3. The quantitative estimate of drug-likeness (QED) is 0.622. The molecule has 26 heavy (non-hydrogen) atoms. The van der Waals surface area contributed by atoms with E-state index in [-0.39, 0.29) is 0 Å². The summed E-state index contributed by atoms with van der Waals surface area (Å²) in [7, 11) is 0. The van der Waals surface area contributed by atoms with Crippen molar-refractivity contribution in [2.24, 2.45) is 0 Å². The van der Waals surface area contributed by atoms with Crippen molar-refractivity contribution in [2.75, 3.05) is 0 Å². The summed E-state index contributed by atoms with van der Waals surface area (Å²) in [6, 6.07) is 14.1. The number of hydrogen-bond acceptors (Lipinski definition) is 2. The highest BCUT2D eigenvalue weighted by Crippen LogP contribution is 2.37. The van der Waals surface area contributed by atoms with E-state index in [0.29, 0.717) is 0 Å². The van der Waals surface area contributed by atoms with Crippen LogP contribution in [0.2, 0.25) is 0 Å². The van der Waals surface area contributed by atoms with Crippen molar-refractivity contribution >= 4 is 0 Å². The Hall–Kier alpha value is -2.49. The van der Waals surface area contributed by atoms with Crippen LogP contribution in [0.15, 0.2) is 42.5 Å². The van der Waals surface area contributed by atoms with E-state index in [1.165, 1.54) is 0 Å². The summed E-state index contributed by atoms with van der Waals surface area (Å²) in [6.45, 7) is 11.6. The van der Waals surface area contributed by atoms with Gasteiger partial charge in [-0.05, 0) is 44.4 Å². The molecule has 3 aromatic rings. The fourth-order valence-electron chi connectivity index (χ4n) is 3.42. The van der Waals surface area contributed by atoms with Crippen molar-refractivity contribution < 1.29 is 4.39 Å². The lowest BCUT2D eigenvalue weighted by Crippen LogP contribution is -2.28. The van der Waals surface area contributed by atoms with Gasteiger partial charge in [0, 0.05) is 11.0 Å². The van der Waals surface area contributed by atoms with Crippen LogP contribution in [0, 0.1) is 20.8 Å². The molecule has 4 heteroatoms. The number of nitrogens with zero attached hydrogens (tertiary/aromatic N) is 3. The molecule has 3 nitrogen and oxygen atoms in total. The van der Waals surface area contributed by atoms with E-state index in [1.807, 2.05) is 45.0 Å². The van der Waals surface area contributed by atoms with Crippen LogP contribution in [0.25, 0.3) is 17.1 Å². The normalized spacial score (nSPS) is 13.0. The molecule has 0 radical (unpaired) electrons. The lowest BCUT2D eigenvalue weighted by atomic mass is 9.78. The maximum Gasteiger partial charge on any atom is 0.168 e. The van der Waals surface area contributed by atoms with Crippen molar-refractivity contribution in [3.05, 3.63) is 65.0 Å². The second-order valence-electron chi connectivity index (χ2n) is 7.53. The van der Waals surface area contributed by atoms with Crippen LogP contribution >= 0.6 is 0 Å². The summed E-state index contributed by atoms with van der Waals surface area (Å²) >= 11 is 0. The van der Waals surface area contributed by atoms with Gasteiger partial charge in [-0.15, -0.1) is 10.2 Å². The van der Waals surface area contributed by atoms with Gasteiger partial charge >= 0.3 is 0 Å². The monoisotopic (exact) mass is 351 g/mol. The minimum atomic E-state index is -0.985. The fourth-order valence-corrected chi connectivity index (χ4v) is 3.42. The fraction of sp³-hybridized carbons (Fsp3) is 0.364. The first-order valence-corrected chi connectivity index (χ1v) is 8.97. The van der Waals surface area contributed by atoms with Crippen molar-refractivity contribution in [1.29, 1.82) is 0 Å². The van der Waals surface area contributed by atoms with Gasteiger partial charge in [0.05, 0.1) is 5.69 Å². The largest absolute Gasteiger partial charge is 0.279 e. The Balaban J connectivity index is 2.30. The highest BCUT2D eigenvalue weighted by molar-refractivity contribution is 5.66. The molecule has 0 spiro atoms. The Kier molecular flexibility index (Phi) is 4.70. The first kappa shape index (κ1) is 18.3. The zero-order valence-corrected chi connectivity index (χ0v) is 16.3. The average molecular weight is 351 g/mol. The Bertz CT molecular complexity index is 918. The molecule has 3 rings (SSSR count). The number of alkyl halides is 1. The predicted molar refractivity (Wildman–Crippen MR) is 105 cm³/mol. The van der Waals surface area contributed by atoms with Gasteiger partial charge in [0.25, 0.3) is 0 Å². The third kappa shape index (κ3) is 2.94. The predicted octanol–water partition coefficient (Wildman–Crippen LogP) is 5.50. The van der Waals surface area contributed by atoms with E-state index in [0.717, 1.165) is 39.6 Å². The number of halogens is 1. The van der Waals surface area contributed by atoms with Crippen LogP contribution in [0.5, 0.6) is 0 Å². The first-order valence-electron chi connectivity index (χ1n) is 8.97. The van der Waals surface area contributed by atoms with Gasteiger partial charge in [0.15, 0.2) is 5.82 Å². The van der Waals surface area contributed by atoms with E-state index in [4.69, 9.17) is 0 Å². The molecule has 0 N–H and O–H groups in total. The molecular weight excluding hydrogens is 325 g/mol. The van der Waals surface area contributed by atoms with E-state index in [9.17, 15) is 4.39 Å². The summed E-state index contributed by atoms with van der Waals surface area (Å²) in [6.07, 6.45) is -0.985. The smallest absolute Gasteiger partial charge is 0.168 e. The maximum atomic E-state index is 14.4. The second-order valence-corrected chi connectivity index (χ2v) is 7.53. The van der Waals surface area contributed by atoms with Gasteiger partial charge in [-0.1, -0.05) is 56.3 Å². The van der Waals surface area contributed by atoms with Gasteiger partial charge in [-0.25, -0.2) is 4.39 Å². The molecule has 0 saturated heterocycles. The summed E-state index contributed by atoms with van der Waals surface area (Å²) in [5.74, 6) is 1.57. The van der Waals surface area contributed by atoms with Crippen LogP contribution in [0.4, 0.5) is 4.39 Å². The van der Waals surface area contributed by atoms with Crippen LogP contribution < -0.4 is 0 Å². The minimum Gasteiger partial charge on any atom is -0.279 e. The maximum absolute atomic E-state index is 14.4. The lowest BCUT2D eigenvalue weighted by Gasteiger charge is -2.29. The standard InChI is InChI=1S/C22H26FN3/c1-14-10-9-11-15(2)20(14)26-17(4)24-25-21(26)18-12-7-8-13-19(18)22(5,6)16(3)23/h7-13,16H,1-6H3/t16-/m1/s1. The molecule has 0 fully saturated rings. The van der Waals surface area contributed by atoms with E-state index in [1.54, 1.807) is 6.92 Å². The number of benzene rings is 2. The lowest BCUT2D eigenvalue weighted by molar-refractivity contribution is 0.237. The third-order valence-electron chi connectivity index (χ3n) is 5.34. The molecule has 0 aliphatic carbocycles. The van der Waals surface area contributed by atoms with E-state index >= 15 is 0 Å². The molecule has 136 valence electrons. The van der Waals surface area contributed by atoms with Gasteiger partial charge in [-0.3, -0.25) is 4.57 Å². The molecule has 1 heterocycles. The molecule has 1 atom stereocenters. The zero-order chi connectivity index (χ0) is 19.1. The van der Waals surface area contributed by atoms with Crippen molar-refractivity contribution in [3.63, 3.8) is 0 Å². The highest BCUT2D eigenvalue weighted by atomic mass is 19.1. The number of rotatable bonds is 4. The topological polar surface area (TPSA) is 30.7 Å². The Morgan fingerprint density at radius 3 is 2.15 bits per heavy atom. The Morgan fingerprint density at radius 1 is 0.923 bits per heavy atom. The second kappa shape index (κ2) is 6.67. The van der Waals surface area contributed by atoms with E-state index < -0.39 is 11.6 Å². The van der Waals surface area contributed by atoms with Gasteiger partial charge in [0.1, 0.15) is 12.0 Å². The highest BCUT2D eigenvalue weighted by Gasteiger charge is 2.32. The molecule has 0 amide bonds. The molecule has 1 aromatic heterocycles. The van der Waals surface area contributed by atoms with Crippen LogP contribution in [-0.2, 0) is 5.41 Å². The van der Waals surface area contributed by atoms with E-state index in [2.05, 4.69) is 46.8 Å². The SMILES string of the molecule is Cc1cccc(C)c1-n1c(C)nnc1-c1ccccc1C(C)(C)[C@@H](C)F. The van der Waals surface area contributed by atoms with Crippen molar-refractivity contribution in [2.45, 2.75) is 53.1 Å². The minimum absolute atomic E-state index is 0.623. The summed E-state index contributed by atoms with van der Waals surface area (Å²) in [5, 5.41) is 8.81. The molecule has 0 saturated carbocycles. The third-order valence-corrected chi connectivity index (χ3v) is 5.34. The van der Waals surface area contributed by atoms with Crippen molar-refractivity contribution in [1.82, 2.24) is 14.8 Å². The summed E-state index contributed by atoms with van der Waals surface area (Å²) < 4.78 is 16.5. The Morgan fingerprint density at radius 2 is 1.54 bits per heavy atom. The number of para-hydroxylation sites is 1. The molecule has 0 aliphatic rings. The van der Waals surface area contributed by atoms with Crippen LogP contribution in [0.1, 0.15) is 43.3 Å². The number of aromatic nitrogens is 3. The average Bonchev–Trinajstić information content (AvgIpc) is 2.96. The Labute approximate surface area is 154 Å². The van der Waals surface area contributed by atoms with Gasteiger partial charge in [-0.2, -0.15) is 0 Å². The van der Waals surface area contributed by atoms with Gasteiger partial charge in [0.2, 0.25) is 0 Å². The molecule has 0 bridgehead atoms. The molecule has 2 aromatic carbocycles. The van der Waals surface area contributed by atoms with Crippen molar-refractivity contribution in [3.8, 4) is 17.1 Å². The zero-order valence-electron chi connectivity index (χ0n) is 16.3. The first-order chi connectivity index (χ1) is 12.2. The number of aryl methyl sites for hydroxylation is 3. The van der Waals surface area contributed by atoms with Crippen LogP contribution in [-0.4, -0.2) is 20.9 Å². The number of hydrogen-bond donors (Lipinski definition) is 0. The summed E-state index contributed by atoms with van der Waals surface area (Å²) in [5.41, 5.74) is 4.64.